The Kier molecular flexibility index (Phi) is 3.94. The lowest BCUT2D eigenvalue weighted by atomic mass is 9.76. The molecule has 29 heavy (non-hydrogen) atoms. The molecule has 1 atom stereocenters. The quantitative estimate of drug-likeness (QED) is 0.692. The van der Waals surface area contributed by atoms with Gasteiger partial charge in [0, 0.05) is 5.56 Å². The lowest BCUT2D eigenvalue weighted by Gasteiger charge is -2.33. The van der Waals surface area contributed by atoms with Gasteiger partial charge in [0.05, 0.1) is 0 Å². The Bertz CT molecular complexity index is 1110. The van der Waals surface area contributed by atoms with Crippen molar-refractivity contribution in [3.05, 3.63) is 71.4 Å². The van der Waals surface area contributed by atoms with Crippen LogP contribution in [0.25, 0.3) is 11.4 Å². The molecule has 1 fully saturated rings. The van der Waals surface area contributed by atoms with E-state index in [0.717, 1.165) is 28.9 Å². The van der Waals surface area contributed by atoms with Crippen molar-refractivity contribution in [3.63, 3.8) is 0 Å². The molecule has 5 rings (SSSR count). The third-order valence-corrected chi connectivity index (χ3v) is 5.51. The number of nitrogens with one attached hydrogen (secondary N) is 1. The topological polar surface area (TPSA) is 88.3 Å². The fraction of sp³-hybridized carbons (Fsp3) is 0.238. The summed E-state index contributed by atoms with van der Waals surface area (Å²) < 4.78 is 18.3. The molecule has 8 heteroatoms. The maximum atomic E-state index is 13.3. The van der Waals surface area contributed by atoms with Gasteiger partial charge >= 0.3 is 6.03 Å². The Morgan fingerprint density at radius 2 is 1.93 bits per heavy atom. The van der Waals surface area contributed by atoms with Crippen LogP contribution in [0, 0.1) is 5.82 Å². The molecule has 1 spiro atoms. The molecule has 1 saturated heterocycles. The molecule has 3 amide bonds. The van der Waals surface area contributed by atoms with Crippen molar-refractivity contribution < 1.29 is 18.5 Å². The van der Waals surface area contributed by atoms with Crippen LogP contribution in [0.3, 0.4) is 0 Å². The number of imide groups is 1. The number of hydrogen-bond acceptors (Lipinski definition) is 5. The van der Waals surface area contributed by atoms with Gasteiger partial charge in [-0.05, 0) is 54.7 Å². The Balaban J connectivity index is 1.42. The number of carbonyl (C=O) groups is 2. The Morgan fingerprint density at radius 1 is 1.14 bits per heavy atom. The minimum Gasteiger partial charge on any atom is -0.337 e. The molecule has 2 heterocycles. The highest BCUT2D eigenvalue weighted by Crippen LogP contribution is 2.40. The van der Waals surface area contributed by atoms with Crippen LogP contribution in [0.4, 0.5) is 9.18 Å². The van der Waals surface area contributed by atoms with Crippen LogP contribution in [-0.2, 0) is 23.3 Å². The first-order valence-electron chi connectivity index (χ1n) is 9.38. The van der Waals surface area contributed by atoms with Crippen molar-refractivity contribution in [2.45, 2.75) is 31.3 Å². The van der Waals surface area contributed by atoms with Crippen molar-refractivity contribution in [1.29, 1.82) is 0 Å². The molecule has 0 unspecified atom stereocenters. The van der Waals surface area contributed by atoms with Gasteiger partial charge in [0.2, 0.25) is 11.7 Å². The van der Waals surface area contributed by atoms with Gasteiger partial charge in [-0.3, -0.25) is 9.69 Å². The SMILES string of the molecule is O=C1N[C@@]2(CCCc3ccccc32)C(=O)N1Cc1nc(-c2ccc(F)cc2)no1. The summed E-state index contributed by atoms with van der Waals surface area (Å²) in [7, 11) is 0. The third kappa shape index (κ3) is 2.79. The molecule has 0 bridgehead atoms. The zero-order valence-electron chi connectivity index (χ0n) is 15.4. The highest BCUT2D eigenvalue weighted by molar-refractivity contribution is 6.07. The van der Waals surface area contributed by atoms with E-state index in [1.807, 2.05) is 24.3 Å². The largest absolute Gasteiger partial charge is 0.337 e. The number of aryl methyl sites for hydroxylation is 1. The predicted octanol–water partition coefficient (Wildman–Crippen LogP) is 3.16. The van der Waals surface area contributed by atoms with Crippen LogP contribution in [0.2, 0.25) is 0 Å². The van der Waals surface area contributed by atoms with Gasteiger partial charge in [0.15, 0.2) is 0 Å². The Morgan fingerprint density at radius 3 is 2.76 bits per heavy atom. The number of amides is 3. The fourth-order valence-corrected chi connectivity index (χ4v) is 4.13. The maximum Gasteiger partial charge on any atom is 0.325 e. The highest BCUT2D eigenvalue weighted by Gasteiger charge is 2.54. The standard InChI is InChI=1S/C21H17FN4O3/c22-15-9-7-14(8-10-15)18-23-17(29-25-18)12-26-19(27)21(24-20(26)28)11-3-5-13-4-1-2-6-16(13)21/h1-2,4,6-10H,3,5,11-12H2,(H,24,28)/t21-/m1/s1. The lowest BCUT2D eigenvalue weighted by molar-refractivity contribution is -0.132. The van der Waals surface area contributed by atoms with E-state index in [4.69, 9.17) is 4.52 Å². The van der Waals surface area contributed by atoms with E-state index < -0.39 is 11.6 Å². The van der Waals surface area contributed by atoms with Gasteiger partial charge in [-0.2, -0.15) is 4.98 Å². The van der Waals surface area contributed by atoms with E-state index in [1.165, 1.54) is 24.3 Å². The molecule has 1 aliphatic heterocycles. The second-order valence-corrected chi connectivity index (χ2v) is 7.26. The normalized spacial score (nSPS) is 20.8. The molecule has 3 aromatic rings. The van der Waals surface area contributed by atoms with E-state index in [9.17, 15) is 14.0 Å². The highest BCUT2D eigenvalue weighted by atomic mass is 19.1. The molecule has 146 valence electrons. The number of hydrogen-bond donors (Lipinski definition) is 1. The Labute approximate surface area is 165 Å². The summed E-state index contributed by atoms with van der Waals surface area (Å²) in [5, 5.41) is 6.77. The number of benzene rings is 2. The monoisotopic (exact) mass is 392 g/mol. The van der Waals surface area contributed by atoms with Gasteiger partial charge < -0.3 is 9.84 Å². The van der Waals surface area contributed by atoms with Crippen LogP contribution in [0.1, 0.15) is 29.9 Å². The first-order chi connectivity index (χ1) is 14.1. The van der Waals surface area contributed by atoms with Gasteiger partial charge in [0.1, 0.15) is 17.9 Å². The lowest BCUT2D eigenvalue weighted by Crippen LogP contribution is -2.46. The van der Waals surface area contributed by atoms with Gasteiger partial charge in [-0.1, -0.05) is 29.4 Å². The molecule has 0 saturated carbocycles. The molecule has 1 N–H and O–H groups in total. The summed E-state index contributed by atoms with van der Waals surface area (Å²) in [5.74, 6) is -0.273. The number of nitrogens with zero attached hydrogens (tertiary/aromatic N) is 3. The van der Waals surface area contributed by atoms with Crippen molar-refractivity contribution in [2.24, 2.45) is 0 Å². The molecule has 0 radical (unpaired) electrons. The van der Waals surface area contributed by atoms with E-state index in [1.54, 1.807) is 0 Å². The second kappa shape index (κ2) is 6.51. The number of halogens is 1. The summed E-state index contributed by atoms with van der Waals surface area (Å²) in [6.45, 7) is -0.122. The second-order valence-electron chi connectivity index (χ2n) is 7.26. The molecular formula is C21H17FN4O3. The molecule has 1 aliphatic carbocycles. The van der Waals surface area contributed by atoms with E-state index in [0.29, 0.717) is 12.0 Å². The summed E-state index contributed by atoms with van der Waals surface area (Å²) in [6.07, 6.45) is 2.24. The predicted molar refractivity (Wildman–Crippen MR) is 99.8 cm³/mol. The van der Waals surface area contributed by atoms with Crippen LogP contribution in [0.15, 0.2) is 53.1 Å². The van der Waals surface area contributed by atoms with Crippen molar-refractivity contribution in [1.82, 2.24) is 20.4 Å². The smallest absolute Gasteiger partial charge is 0.325 e. The van der Waals surface area contributed by atoms with E-state index in [-0.39, 0.29) is 30.0 Å². The molecule has 1 aromatic heterocycles. The molecule has 2 aromatic carbocycles. The van der Waals surface area contributed by atoms with Gasteiger partial charge in [-0.15, -0.1) is 0 Å². The van der Waals surface area contributed by atoms with Crippen LogP contribution in [0.5, 0.6) is 0 Å². The average molecular weight is 392 g/mol. The molecule has 7 nitrogen and oxygen atoms in total. The summed E-state index contributed by atoms with van der Waals surface area (Å²) in [4.78, 5) is 31.3. The minimum atomic E-state index is -1.04. The first kappa shape index (κ1) is 17.5. The van der Waals surface area contributed by atoms with Crippen LogP contribution in [-0.4, -0.2) is 27.0 Å². The van der Waals surface area contributed by atoms with Gasteiger partial charge in [-0.25, -0.2) is 9.18 Å². The van der Waals surface area contributed by atoms with Crippen molar-refractivity contribution in [2.75, 3.05) is 0 Å². The van der Waals surface area contributed by atoms with E-state index >= 15 is 0 Å². The van der Waals surface area contributed by atoms with Crippen molar-refractivity contribution in [3.8, 4) is 11.4 Å². The zero-order chi connectivity index (χ0) is 20.0. The number of carbonyl (C=O) groups excluding carboxylic acids is 2. The molecular weight excluding hydrogens is 375 g/mol. The average Bonchev–Trinajstić information content (AvgIpc) is 3.29. The number of rotatable bonds is 3. The van der Waals surface area contributed by atoms with Crippen LogP contribution < -0.4 is 5.32 Å². The summed E-state index contributed by atoms with van der Waals surface area (Å²) >= 11 is 0. The number of aromatic nitrogens is 2. The fourth-order valence-electron chi connectivity index (χ4n) is 4.13. The number of urea groups is 1. The number of fused-ring (bicyclic) bond motifs is 2. The van der Waals surface area contributed by atoms with E-state index in [2.05, 4.69) is 15.5 Å². The third-order valence-electron chi connectivity index (χ3n) is 5.51. The summed E-state index contributed by atoms with van der Waals surface area (Å²) in [6, 6.07) is 12.9. The van der Waals surface area contributed by atoms with Crippen LogP contribution >= 0.6 is 0 Å². The minimum absolute atomic E-state index is 0.122. The Hall–Kier alpha value is -3.55. The van der Waals surface area contributed by atoms with Crippen molar-refractivity contribution >= 4 is 11.9 Å². The maximum absolute atomic E-state index is 13.3. The first-order valence-corrected chi connectivity index (χ1v) is 9.38. The zero-order valence-corrected chi connectivity index (χ0v) is 15.4. The summed E-state index contributed by atoms with van der Waals surface area (Å²) in [5.41, 5.74) is 1.47. The molecule has 2 aliphatic rings. The van der Waals surface area contributed by atoms with Gasteiger partial charge in [0.25, 0.3) is 5.91 Å².